The smallest absolute Gasteiger partial charge is 0.208 e. The second-order valence-corrected chi connectivity index (χ2v) is 7.77. The number of ketones is 1. The summed E-state index contributed by atoms with van der Waals surface area (Å²) in [5.74, 6) is 0.0594. The van der Waals surface area contributed by atoms with Gasteiger partial charge in [0.1, 0.15) is 18.0 Å². The van der Waals surface area contributed by atoms with Crippen LogP contribution in [-0.4, -0.2) is 33.0 Å². The van der Waals surface area contributed by atoms with Crippen LogP contribution in [0.1, 0.15) is 39.2 Å². The van der Waals surface area contributed by atoms with Gasteiger partial charge < -0.3 is 10.4 Å². The monoisotopic (exact) mass is 396 g/mol. The third kappa shape index (κ3) is 4.26. The lowest BCUT2D eigenvalue weighted by atomic mass is 10.1. The molecule has 0 unspecified atom stereocenters. The lowest BCUT2D eigenvalue weighted by Gasteiger charge is -2.14. The number of nitrogens with one attached hydrogen (secondary N) is 1. The first-order chi connectivity index (χ1) is 13.6. The van der Waals surface area contributed by atoms with E-state index in [9.17, 15) is 14.3 Å². The molecule has 0 saturated heterocycles. The van der Waals surface area contributed by atoms with E-state index in [2.05, 4.69) is 15.3 Å². The van der Waals surface area contributed by atoms with E-state index in [-0.39, 0.29) is 17.6 Å². The number of carbonyl (C=O) groups is 1. The van der Waals surface area contributed by atoms with Crippen LogP contribution in [0.3, 0.4) is 0 Å². The van der Waals surface area contributed by atoms with Gasteiger partial charge in [0.25, 0.3) is 0 Å². The highest BCUT2D eigenvalue weighted by Crippen LogP contribution is 2.26. The fourth-order valence-electron chi connectivity index (χ4n) is 3.33. The maximum Gasteiger partial charge on any atom is 0.208 e. The maximum atomic E-state index is 13.4. The second kappa shape index (κ2) is 8.16. The highest BCUT2D eigenvalue weighted by Gasteiger charge is 2.25. The molecule has 1 fully saturated rings. The van der Waals surface area contributed by atoms with Crippen molar-refractivity contribution in [2.45, 2.75) is 31.4 Å². The van der Waals surface area contributed by atoms with E-state index >= 15 is 0 Å². The largest absolute Gasteiger partial charge is 0.393 e. The summed E-state index contributed by atoms with van der Waals surface area (Å²) in [6.07, 6.45) is 6.20. The number of thiophene rings is 1. The van der Waals surface area contributed by atoms with Crippen molar-refractivity contribution in [2.24, 2.45) is 0 Å². The van der Waals surface area contributed by atoms with Crippen molar-refractivity contribution in [2.75, 3.05) is 5.32 Å². The van der Waals surface area contributed by atoms with E-state index in [1.807, 2.05) is 23.9 Å². The lowest BCUT2D eigenvalue weighted by Crippen LogP contribution is -2.20. The van der Waals surface area contributed by atoms with Gasteiger partial charge in [0.15, 0.2) is 0 Å². The molecule has 0 bridgehead atoms. The van der Waals surface area contributed by atoms with Crippen molar-refractivity contribution in [1.82, 2.24) is 9.97 Å². The average molecular weight is 396 g/mol. The molecule has 143 valence electrons. The zero-order valence-electron chi connectivity index (χ0n) is 15.0. The highest BCUT2D eigenvalue weighted by molar-refractivity contribution is 7.12. The summed E-state index contributed by atoms with van der Waals surface area (Å²) in [6.45, 7) is 0. The van der Waals surface area contributed by atoms with Gasteiger partial charge in [-0.2, -0.15) is 0 Å². The van der Waals surface area contributed by atoms with Crippen LogP contribution in [-0.2, 0) is 6.42 Å². The van der Waals surface area contributed by atoms with Crippen molar-refractivity contribution < 1.29 is 14.3 Å². The molecular formula is C21H19FN3O2S. The molecule has 1 saturated carbocycles. The fourth-order valence-corrected chi connectivity index (χ4v) is 4.20. The zero-order chi connectivity index (χ0) is 19.5. The number of halogens is 1. The quantitative estimate of drug-likeness (QED) is 0.622. The normalized spacial score (nSPS) is 18.9. The topological polar surface area (TPSA) is 75.1 Å². The Morgan fingerprint density at radius 3 is 3.00 bits per heavy atom. The van der Waals surface area contributed by atoms with E-state index in [0.29, 0.717) is 29.1 Å². The van der Waals surface area contributed by atoms with E-state index in [1.165, 1.54) is 36.0 Å². The van der Waals surface area contributed by atoms with Gasteiger partial charge >= 0.3 is 0 Å². The predicted octanol–water partition coefficient (Wildman–Crippen LogP) is 3.64. The number of carbonyl (C=O) groups excluding carboxylic acids is 1. The Hall–Kier alpha value is -2.64. The first kappa shape index (κ1) is 18.7. The standard InChI is InChI=1S/C21H19FN3O2S/c22-15-3-1-2-13(7-15)6-14-8-19(28-11-14)20(27)18-10-23-12-24-21(18)25-16-4-5-17(26)9-16/h1-3,5,7-8,10-12,16-17,26H,4,6,9H2,(H,23,24,25)/t16-,17+/m1/s1. The minimum atomic E-state index is -0.429. The Kier molecular flexibility index (Phi) is 5.45. The number of rotatable bonds is 6. The first-order valence-electron chi connectivity index (χ1n) is 9.03. The van der Waals surface area contributed by atoms with Gasteiger partial charge in [-0.3, -0.25) is 4.79 Å². The Labute approximate surface area is 166 Å². The molecule has 1 aliphatic carbocycles. The van der Waals surface area contributed by atoms with Crippen molar-refractivity contribution in [3.8, 4) is 0 Å². The molecular weight excluding hydrogens is 377 g/mol. The van der Waals surface area contributed by atoms with Crippen molar-refractivity contribution in [1.29, 1.82) is 0 Å². The Morgan fingerprint density at radius 1 is 1.32 bits per heavy atom. The van der Waals surface area contributed by atoms with Crippen LogP contribution in [0.25, 0.3) is 0 Å². The number of aliphatic hydroxyl groups excluding tert-OH is 1. The summed E-state index contributed by atoms with van der Waals surface area (Å²) in [5, 5.41) is 14.8. The predicted molar refractivity (Wildman–Crippen MR) is 106 cm³/mol. The molecule has 2 heterocycles. The molecule has 0 aliphatic heterocycles. The molecule has 4 rings (SSSR count). The summed E-state index contributed by atoms with van der Waals surface area (Å²) in [7, 11) is 0. The van der Waals surface area contributed by atoms with E-state index < -0.39 is 6.10 Å². The maximum absolute atomic E-state index is 13.4. The number of nitrogens with zero attached hydrogens (tertiary/aromatic N) is 2. The van der Waals surface area contributed by atoms with Crippen molar-refractivity contribution in [3.05, 3.63) is 82.0 Å². The molecule has 1 aliphatic rings. The minimum absolute atomic E-state index is 0.0447. The van der Waals surface area contributed by atoms with Gasteiger partial charge in [-0.15, -0.1) is 11.3 Å². The minimum Gasteiger partial charge on any atom is -0.393 e. The van der Waals surface area contributed by atoms with Gasteiger partial charge in [0.05, 0.1) is 16.5 Å². The molecule has 2 N–H and O–H groups in total. The van der Waals surface area contributed by atoms with E-state index in [0.717, 1.165) is 17.5 Å². The molecule has 28 heavy (non-hydrogen) atoms. The van der Waals surface area contributed by atoms with Crippen LogP contribution in [0.4, 0.5) is 10.2 Å². The second-order valence-electron chi connectivity index (χ2n) is 6.86. The SMILES string of the molecule is O=C(c1cc(Cc2cccc(F)c2)cs1)c1cncnc1N[C@@H]1C[CH][C@H](O)C1. The lowest BCUT2D eigenvalue weighted by molar-refractivity contribution is 0.104. The molecule has 0 spiro atoms. The van der Waals surface area contributed by atoms with Gasteiger partial charge in [-0.25, -0.2) is 14.4 Å². The number of hydrogen-bond acceptors (Lipinski definition) is 6. The molecule has 7 heteroatoms. The highest BCUT2D eigenvalue weighted by atomic mass is 32.1. The van der Waals surface area contributed by atoms with Crippen LogP contribution in [0.5, 0.6) is 0 Å². The zero-order valence-corrected chi connectivity index (χ0v) is 15.8. The van der Waals surface area contributed by atoms with Crippen LogP contribution in [0.2, 0.25) is 0 Å². The van der Waals surface area contributed by atoms with Crippen LogP contribution in [0, 0.1) is 12.2 Å². The molecule has 1 radical (unpaired) electrons. The first-order valence-corrected chi connectivity index (χ1v) is 9.91. The summed E-state index contributed by atoms with van der Waals surface area (Å²) in [5.41, 5.74) is 2.22. The molecule has 3 aromatic rings. The number of aliphatic hydroxyl groups is 1. The summed E-state index contributed by atoms with van der Waals surface area (Å²) in [6, 6.07) is 8.34. The van der Waals surface area contributed by atoms with Gasteiger partial charge in [0.2, 0.25) is 5.78 Å². The van der Waals surface area contributed by atoms with Crippen molar-refractivity contribution >= 4 is 22.9 Å². The number of aromatic nitrogens is 2. The summed E-state index contributed by atoms with van der Waals surface area (Å²) < 4.78 is 13.4. The van der Waals surface area contributed by atoms with Crippen LogP contribution in [0.15, 0.2) is 48.2 Å². The Morgan fingerprint density at radius 2 is 2.21 bits per heavy atom. The third-order valence-electron chi connectivity index (χ3n) is 4.69. The van der Waals surface area contributed by atoms with Gasteiger partial charge in [-0.05, 0) is 60.4 Å². The van der Waals surface area contributed by atoms with Gasteiger partial charge in [-0.1, -0.05) is 12.1 Å². The Balaban J connectivity index is 1.51. The van der Waals surface area contributed by atoms with Crippen molar-refractivity contribution in [3.63, 3.8) is 0 Å². The van der Waals surface area contributed by atoms with E-state index in [4.69, 9.17) is 0 Å². The number of benzene rings is 1. The summed E-state index contributed by atoms with van der Waals surface area (Å²) >= 11 is 1.35. The molecule has 2 aromatic heterocycles. The average Bonchev–Trinajstić information content (AvgIpc) is 3.31. The van der Waals surface area contributed by atoms with Crippen LogP contribution >= 0.6 is 11.3 Å². The molecule has 5 nitrogen and oxygen atoms in total. The molecule has 1 aromatic carbocycles. The number of hydrogen-bond donors (Lipinski definition) is 2. The molecule has 0 amide bonds. The van der Waals surface area contributed by atoms with E-state index in [1.54, 1.807) is 6.07 Å². The summed E-state index contributed by atoms with van der Waals surface area (Å²) in [4.78, 5) is 21.8. The van der Waals surface area contributed by atoms with Gasteiger partial charge in [0, 0.05) is 12.2 Å². The molecule has 2 atom stereocenters. The fraction of sp³-hybridized carbons (Fsp3) is 0.238. The van der Waals surface area contributed by atoms with Crippen LogP contribution < -0.4 is 5.32 Å². The number of anilines is 1. The Bertz CT molecular complexity index is 991. The third-order valence-corrected chi connectivity index (χ3v) is 5.67.